The van der Waals surface area contributed by atoms with Crippen molar-refractivity contribution in [1.82, 2.24) is 4.90 Å². The van der Waals surface area contributed by atoms with E-state index in [9.17, 15) is 5.11 Å². The predicted molar refractivity (Wildman–Crippen MR) is 93.6 cm³/mol. The van der Waals surface area contributed by atoms with Crippen molar-refractivity contribution >= 4 is 17.4 Å². The number of aliphatic hydroxyl groups excluding tert-OH is 1. The maximum Gasteiger partial charge on any atom is 0.256 e. The fourth-order valence-electron chi connectivity index (χ4n) is 2.47. The van der Waals surface area contributed by atoms with Gasteiger partial charge < -0.3 is 10.0 Å². The maximum absolute atomic E-state index is 9.55. The average Bonchev–Trinajstić information content (AvgIpc) is 2.43. The zero-order valence-electron chi connectivity index (χ0n) is 14.4. The van der Waals surface area contributed by atoms with Crippen LogP contribution in [0.25, 0.3) is 0 Å². The summed E-state index contributed by atoms with van der Waals surface area (Å²) in [5.74, 6) is 0. The molecule has 0 saturated carbocycles. The molecular weight excluding hydrogens is 332 g/mol. The van der Waals surface area contributed by atoms with E-state index in [0.717, 1.165) is 25.9 Å². The number of aliphatic hydroxyl groups is 1. The van der Waals surface area contributed by atoms with Crippen LogP contribution in [0.5, 0.6) is 0 Å². The van der Waals surface area contributed by atoms with Crippen LogP contribution in [0.15, 0.2) is 0 Å². The molecule has 0 aromatic heterocycles. The zero-order chi connectivity index (χ0) is 15.1. The smallest absolute Gasteiger partial charge is 0.256 e. The van der Waals surface area contributed by atoms with E-state index in [1.54, 1.807) is 0 Å². The number of nitrogens with zero attached hydrogens (tertiary/aromatic N) is 1. The standard InChI is InChI=1S/C17H35NOS.Zn/c1-3-5-7-9-11-13-15-18(17(19)20)16-14-12-10-8-6-4-2;/h3-16H2,1-2H3,(H,19,20);. The third-order valence-corrected chi connectivity index (χ3v) is 4.09. The number of hydrogen-bond acceptors (Lipinski definition) is 1. The third kappa shape index (κ3) is 16.5. The van der Waals surface area contributed by atoms with Crippen molar-refractivity contribution in [3.05, 3.63) is 0 Å². The van der Waals surface area contributed by atoms with Crippen LogP contribution in [0.4, 0.5) is 0 Å². The van der Waals surface area contributed by atoms with E-state index in [0.29, 0.717) is 0 Å². The molecule has 0 aliphatic carbocycles. The van der Waals surface area contributed by atoms with Gasteiger partial charge in [0.2, 0.25) is 0 Å². The molecule has 21 heavy (non-hydrogen) atoms. The molecule has 0 aromatic carbocycles. The Bertz CT molecular complexity index is 211. The Hall–Kier alpha value is 0.313. The van der Waals surface area contributed by atoms with Crippen LogP contribution in [0.3, 0.4) is 0 Å². The van der Waals surface area contributed by atoms with Gasteiger partial charge in [-0.25, -0.2) is 0 Å². The van der Waals surface area contributed by atoms with Gasteiger partial charge in [0, 0.05) is 32.6 Å². The van der Waals surface area contributed by atoms with Crippen molar-refractivity contribution in [2.24, 2.45) is 0 Å². The second-order valence-electron chi connectivity index (χ2n) is 5.81. The first-order valence-corrected chi connectivity index (χ1v) is 9.11. The molecule has 0 saturated heterocycles. The van der Waals surface area contributed by atoms with Crippen LogP contribution in [-0.2, 0) is 19.5 Å². The van der Waals surface area contributed by atoms with Crippen molar-refractivity contribution in [2.45, 2.75) is 90.9 Å². The Morgan fingerprint density at radius 2 is 1.05 bits per heavy atom. The van der Waals surface area contributed by atoms with Gasteiger partial charge in [-0.1, -0.05) is 78.1 Å². The van der Waals surface area contributed by atoms with Gasteiger partial charge in [0.15, 0.2) is 0 Å². The Morgan fingerprint density at radius 3 is 1.38 bits per heavy atom. The van der Waals surface area contributed by atoms with Crippen molar-refractivity contribution in [2.75, 3.05) is 13.1 Å². The average molecular weight is 367 g/mol. The van der Waals surface area contributed by atoms with E-state index >= 15 is 0 Å². The first-order valence-electron chi connectivity index (χ1n) is 8.70. The van der Waals surface area contributed by atoms with Crippen LogP contribution in [0.2, 0.25) is 0 Å². The molecule has 122 valence electrons. The summed E-state index contributed by atoms with van der Waals surface area (Å²) in [5, 5.41) is 9.64. The molecule has 2 nitrogen and oxygen atoms in total. The predicted octanol–water partition coefficient (Wildman–Crippen LogP) is 5.85. The van der Waals surface area contributed by atoms with E-state index in [1.165, 1.54) is 64.2 Å². The third-order valence-electron chi connectivity index (χ3n) is 3.83. The second kappa shape index (κ2) is 18.4. The Labute approximate surface area is 150 Å². The first kappa shape index (κ1) is 23.6. The molecule has 4 heteroatoms. The summed E-state index contributed by atoms with van der Waals surface area (Å²) >= 11 is 4.94. The summed E-state index contributed by atoms with van der Waals surface area (Å²) < 4.78 is 0. The SMILES string of the molecule is CCCCCCCCN(CCCCCCCC)C(O)=S.[Zn]. The van der Waals surface area contributed by atoms with Gasteiger partial charge in [-0.2, -0.15) is 0 Å². The van der Waals surface area contributed by atoms with Crippen LogP contribution >= 0.6 is 12.2 Å². The van der Waals surface area contributed by atoms with Crippen LogP contribution in [0.1, 0.15) is 90.9 Å². The molecule has 0 rings (SSSR count). The number of unbranched alkanes of at least 4 members (excludes halogenated alkanes) is 10. The van der Waals surface area contributed by atoms with E-state index in [-0.39, 0.29) is 24.7 Å². The topological polar surface area (TPSA) is 23.5 Å². The normalized spacial score (nSPS) is 10.2. The van der Waals surface area contributed by atoms with Crippen molar-refractivity contribution in [3.63, 3.8) is 0 Å². The van der Waals surface area contributed by atoms with Gasteiger partial charge in [0.25, 0.3) is 5.17 Å². The molecular formula is C17H35NOSZn. The van der Waals surface area contributed by atoms with E-state index < -0.39 is 0 Å². The minimum atomic E-state index is 0. The van der Waals surface area contributed by atoms with Crippen LogP contribution < -0.4 is 0 Å². The molecule has 0 spiro atoms. The molecule has 1 N–H and O–H groups in total. The fraction of sp³-hybridized carbons (Fsp3) is 0.941. The van der Waals surface area contributed by atoms with E-state index in [4.69, 9.17) is 12.2 Å². The molecule has 0 atom stereocenters. The molecule has 0 aliphatic heterocycles. The van der Waals surface area contributed by atoms with Gasteiger partial charge in [0.1, 0.15) is 0 Å². The molecule has 0 fully saturated rings. The minimum Gasteiger partial charge on any atom is -0.487 e. The Balaban J connectivity index is 0. The van der Waals surface area contributed by atoms with E-state index in [2.05, 4.69) is 13.8 Å². The summed E-state index contributed by atoms with van der Waals surface area (Å²) in [6.07, 6.45) is 15.4. The number of thiocarbonyl (C=S) groups is 1. The molecule has 0 radical (unpaired) electrons. The van der Waals surface area contributed by atoms with Gasteiger partial charge in [-0.3, -0.25) is 0 Å². The monoisotopic (exact) mass is 365 g/mol. The van der Waals surface area contributed by atoms with Crippen LogP contribution in [-0.4, -0.2) is 28.3 Å². The van der Waals surface area contributed by atoms with Gasteiger partial charge in [0.05, 0.1) is 0 Å². The fourth-order valence-corrected chi connectivity index (χ4v) is 2.65. The second-order valence-corrected chi connectivity index (χ2v) is 6.17. The molecule has 0 aromatic rings. The number of rotatable bonds is 14. The summed E-state index contributed by atoms with van der Waals surface area (Å²) in [6.45, 7) is 6.34. The number of hydrogen-bond donors (Lipinski definition) is 1. The molecule has 0 heterocycles. The van der Waals surface area contributed by atoms with Crippen molar-refractivity contribution < 1.29 is 24.6 Å². The summed E-state index contributed by atoms with van der Waals surface area (Å²) in [5.41, 5.74) is 0. The Kier molecular flexibility index (Phi) is 20.6. The van der Waals surface area contributed by atoms with Gasteiger partial charge in [-0.15, -0.1) is 0 Å². The quantitative estimate of drug-likeness (QED) is 0.237. The summed E-state index contributed by atoms with van der Waals surface area (Å²) in [6, 6.07) is 0. The van der Waals surface area contributed by atoms with Crippen molar-refractivity contribution in [3.8, 4) is 0 Å². The molecule has 0 bridgehead atoms. The summed E-state index contributed by atoms with van der Waals surface area (Å²) in [7, 11) is 0. The largest absolute Gasteiger partial charge is 0.487 e. The molecule has 0 aliphatic rings. The van der Waals surface area contributed by atoms with Crippen LogP contribution in [0, 0.1) is 0 Å². The van der Waals surface area contributed by atoms with Gasteiger partial charge in [-0.05, 0) is 25.1 Å². The molecule has 0 amide bonds. The molecule has 0 unspecified atom stereocenters. The van der Waals surface area contributed by atoms with E-state index in [1.807, 2.05) is 4.90 Å². The Morgan fingerprint density at radius 1 is 0.714 bits per heavy atom. The zero-order valence-corrected chi connectivity index (χ0v) is 18.2. The maximum atomic E-state index is 9.55. The minimum absolute atomic E-state index is 0. The summed E-state index contributed by atoms with van der Waals surface area (Å²) in [4.78, 5) is 1.98. The van der Waals surface area contributed by atoms with Crippen molar-refractivity contribution in [1.29, 1.82) is 0 Å². The first-order chi connectivity index (χ1) is 9.72. The van der Waals surface area contributed by atoms with Gasteiger partial charge >= 0.3 is 0 Å².